The molecule has 0 amide bonds. The number of allylic oxidation sites excluding steroid dienone is 1. The van der Waals surface area contributed by atoms with E-state index < -0.39 is 5.97 Å². The summed E-state index contributed by atoms with van der Waals surface area (Å²) in [6, 6.07) is 16.1. The summed E-state index contributed by atoms with van der Waals surface area (Å²) < 4.78 is 5.85. The molecular formula is C21H24O3. The van der Waals surface area contributed by atoms with Gasteiger partial charge in [0, 0.05) is 0 Å². The highest BCUT2D eigenvalue weighted by Gasteiger charge is 2.07. The number of aliphatic carboxylic acids is 1. The number of carboxylic acid groups (broad SMARTS) is 1. The molecule has 0 aromatic heterocycles. The maximum atomic E-state index is 10.8. The van der Waals surface area contributed by atoms with Gasteiger partial charge in [0.2, 0.25) is 0 Å². The minimum Gasteiger partial charge on any atom is -0.489 e. The van der Waals surface area contributed by atoms with Crippen LogP contribution in [-0.4, -0.2) is 11.1 Å². The first-order valence-electron chi connectivity index (χ1n) is 8.28. The highest BCUT2D eigenvalue weighted by molar-refractivity contribution is 5.75. The van der Waals surface area contributed by atoms with Crippen LogP contribution in [0.2, 0.25) is 0 Å². The molecule has 0 unspecified atom stereocenters. The first-order valence-corrected chi connectivity index (χ1v) is 8.28. The van der Waals surface area contributed by atoms with Gasteiger partial charge in [-0.15, -0.1) is 0 Å². The molecule has 1 N–H and O–H groups in total. The van der Waals surface area contributed by atoms with Gasteiger partial charge in [0.15, 0.2) is 0 Å². The SMILES string of the molecule is CCC/C(=C\CC(=O)O)c1ccc(OCc2ccccc2)cc1C. The standard InChI is InChI=1S/C21H24O3/c1-3-7-18(10-13-21(22)23)20-12-11-19(14-16(20)2)24-15-17-8-5-4-6-9-17/h4-6,8-12,14H,3,7,13,15H2,1-2H3,(H,22,23)/b18-10+. The lowest BCUT2D eigenvalue weighted by atomic mass is 9.96. The van der Waals surface area contributed by atoms with Gasteiger partial charge >= 0.3 is 5.97 Å². The van der Waals surface area contributed by atoms with E-state index in [0.29, 0.717) is 6.61 Å². The summed E-state index contributed by atoms with van der Waals surface area (Å²) in [7, 11) is 0. The Hall–Kier alpha value is -2.55. The quantitative estimate of drug-likeness (QED) is 0.723. The van der Waals surface area contributed by atoms with E-state index in [2.05, 4.69) is 6.92 Å². The second-order valence-electron chi connectivity index (χ2n) is 5.83. The summed E-state index contributed by atoms with van der Waals surface area (Å²) in [6.07, 6.45) is 3.73. The zero-order valence-corrected chi connectivity index (χ0v) is 14.3. The summed E-state index contributed by atoms with van der Waals surface area (Å²) in [4.78, 5) is 10.8. The molecule has 126 valence electrons. The van der Waals surface area contributed by atoms with Crippen LogP contribution in [0.25, 0.3) is 5.57 Å². The molecule has 2 aromatic carbocycles. The second kappa shape index (κ2) is 8.92. The number of ether oxygens (including phenoxy) is 1. The molecule has 0 saturated heterocycles. The molecule has 0 atom stereocenters. The minimum atomic E-state index is -0.802. The van der Waals surface area contributed by atoms with E-state index in [9.17, 15) is 4.79 Å². The van der Waals surface area contributed by atoms with Gasteiger partial charge in [0.05, 0.1) is 6.42 Å². The van der Waals surface area contributed by atoms with E-state index in [0.717, 1.165) is 40.9 Å². The number of rotatable bonds is 8. The number of carboxylic acids is 1. The van der Waals surface area contributed by atoms with Gasteiger partial charge in [0.25, 0.3) is 0 Å². The van der Waals surface area contributed by atoms with Crippen LogP contribution in [-0.2, 0) is 11.4 Å². The van der Waals surface area contributed by atoms with Crippen molar-refractivity contribution in [3.63, 3.8) is 0 Å². The Labute approximate surface area is 143 Å². The second-order valence-corrected chi connectivity index (χ2v) is 5.83. The van der Waals surface area contributed by atoms with Crippen molar-refractivity contribution in [3.8, 4) is 5.75 Å². The Morgan fingerprint density at radius 2 is 1.92 bits per heavy atom. The third-order valence-electron chi connectivity index (χ3n) is 3.83. The van der Waals surface area contributed by atoms with E-state index in [-0.39, 0.29) is 6.42 Å². The largest absolute Gasteiger partial charge is 0.489 e. The van der Waals surface area contributed by atoms with Gasteiger partial charge in [-0.2, -0.15) is 0 Å². The number of hydrogen-bond donors (Lipinski definition) is 1. The maximum Gasteiger partial charge on any atom is 0.307 e. The smallest absolute Gasteiger partial charge is 0.307 e. The van der Waals surface area contributed by atoms with Gasteiger partial charge in [0.1, 0.15) is 12.4 Å². The Morgan fingerprint density at radius 1 is 1.17 bits per heavy atom. The number of aryl methyl sites for hydroxylation is 1. The molecule has 0 aliphatic heterocycles. The molecule has 2 rings (SSSR count). The fourth-order valence-electron chi connectivity index (χ4n) is 2.65. The zero-order chi connectivity index (χ0) is 17.4. The summed E-state index contributed by atoms with van der Waals surface area (Å²) in [5, 5.41) is 8.90. The molecule has 2 aromatic rings. The van der Waals surface area contributed by atoms with Crippen molar-refractivity contribution in [1.29, 1.82) is 0 Å². The molecular weight excluding hydrogens is 300 g/mol. The maximum absolute atomic E-state index is 10.8. The topological polar surface area (TPSA) is 46.5 Å². The third kappa shape index (κ3) is 5.27. The van der Waals surface area contributed by atoms with E-state index >= 15 is 0 Å². The van der Waals surface area contributed by atoms with Gasteiger partial charge < -0.3 is 9.84 Å². The number of benzene rings is 2. The molecule has 0 spiro atoms. The predicted octanol–water partition coefficient (Wildman–Crippen LogP) is 5.23. The van der Waals surface area contributed by atoms with E-state index in [1.165, 1.54) is 0 Å². The monoisotopic (exact) mass is 324 g/mol. The van der Waals surface area contributed by atoms with Gasteiger partial charge in [-0.25, -0.2) is 0 Å². The molecule has 0 heterocycles. The van der Waals surface area contributed by atoms with Gasteiger partial charge in [-0.05, 0) is 47.7 Å². The Balaban J connectivity index is 2.12. The summed E-state index contributed by atoms with van der Waals surface area (Å²) in [6.45, 7) is 4.67. The highest BCUT2D eigenvalue weighted by atomic mass is 16.5. The molecule has 0 fully saturated rings. The molecule has 0 saturated carbocycles. The van der Waals surface area contributed by atoms with Crippen molar-refractivity contribution >= 4 is 11.5 Å². The molecule has 0 radical (unpaired) electrons. The average Bonchev–Trinajstić information content (AvgIpc) is 2.58. The lowest BCUT2D eigenvalue weighted by molar-refractivity contribution is -0.135. The van der Waals surface area contributed by atoms with Crippen molar-refractivity contribution < 1.29 is 14.6 Å². The van der Waals surface area contributed by atoms with Crippen molar-refractivity contribution in [2.75, 3.05) is 0 Å². The van der Waals surface area contributed by atoms with Crippen molar-refractivity contribution in [1.82, 2.24) is 0 Å². The molecule has 0 bridgehead atoms. The third-order valence-corrected chi connectivity index (χ3v) is 3.83. The number of hydrogen-bond acceptors (Lipinski definition) is 2. The van der Waals surface area contributed by atoms with Crippen LogP contribution in [0.4, 0.5) is 0 Å². The van der Waals surface area contributed by atoms with Crippen LogP contribution in [0, 0.1) is 6.92 Å². The Kier molecular flexibility index (Phi) is 6.62. The minimum absolute atomic E-state index is 0.0566. The van der Waals surface area contributed by atoms with Crippen LogP contribution in [0.3, 0.4) is 0 Å². The number of carbonyl (C=O) groups is 1. The van der Waals surface area contributed by atoms with Crippen LogP contribution >= 0.6 is 0 Å². The van der Waals surface area contributed by atoms with Crippen LogP contribution in [0.15, 0.2) is 54.6 Å². The zero-order valence-electron chi connectivity index (χ0n) is 14.3. The molecule has 0 aliphatic carbocycles. The first kappa shape index (κ1) is 17.8. The summed E-state index contributed by atoms with van der Waals surface area (Å²) >= 11 is 0. The van der Waals surface area contributed by atoms with Crippen LogP contribution in [0.1, 0.15) is 42.9 Å². The van der Waals surface area contributed by atoms with Gasteiger partial charge in [-0.3, -0.25) is 4.79 Å². The van der Waals surface area contributed by atoms with Crippen LogP contribution < -0.4 is 4.74 Å². The van der Waals surface area contributed by atoms with Crippen LogP contribution in [0.5, 0.6) is 5.75 Å². The van der Waals surface area contributed by atoms with Crippen molar-refractivity contribution in [2.45, 2.75) is 39.7 Å². The predicted molar refractivity (Wildman–Crippen MR) is 97.1 cm³/mol. The summed E-state index contributed by atoms with van der Waals surface area (Å²) in [5.74, 6) is 0.0262. The summed E-state index contributed by atoms with van der Waals surface area (Å²) in [5.41, 5.74) is 4.43. The molecule has 3 nitrogen and oxygen atoms in total. The normalized spacial score (nSPS) is 11.3. The fraction of sp³-hybridized carbons (Fsp3) is 0.286. The Bertz CT molecular complexity index is 702. The Morgan fingerprint density at radius 3 is 2.54 bits per heavy atom. The molecule has 24 heavy (non-hydrogen) atoms. The molecule has 3 heteroatoms. The first-order chi connectivity index (χ1) is 11.6. The van der Waals surface area contributed by atoms with E-state index in [1.54, 1.807) is 0 Å². The average molecular weight is 324 g/mol. The molecule has 0 aliphatic rings. The fourth-order valence-corrected chi connectivity index (χ4v) is 2.65. The lowest BCUT2D eigenvalue weighted by Gasteiger charge is -2.13. The van der Waals surface area contributed by atoms with Gasteiger partial charge in [-0.1, -0.05) is 55.8 Å². The highest BCUT2D eigenvalue weighted by Crippen LogP contribution is 2.27. The van der Waals surface area contributed by atoms with E-state index in [1.807, 2.05) is 61.5 Å². The lowest BCUT2D eigenvalue weighted by Crippen LogP contribution is -1.97. The van der Waals surface area contributed by atoms with E-state index in [4.69, 9.17) is 9.84 Å². The van der Waals surface area contributed by atoms with Crippen molar-refractivity contribution in [2.24, 2.45) is 0 Å². The van der Waals surface area contributed by atoms with Crippen molar-refractivity contribution in [3.05, 3.63) is 71.3 Å².